The fourth-order valence-corrected chi connectivity index (χ4v) is 4.08. The molecular formula is C29H34N2O5. The smallest absolute Gasteiger partial charge is 0.278 e. The van der Waals surface area contributed by atoms with E-state index < -0.39 is 11.0 Å². The van der Waals surface area contributed by atoms with Gasteiger partial charge in [0.25, 0.3) is 5.69 Å². The van der Waals surface area contributed by atoms with E-state index >= 15 is 0 Å². The van der Waals surface area contributed by atoms with E-state index in [2.05, 4.69) is 0 Å². The Morgan fingerprint density at radius 1 is 0.972 bits per heavy atom. The van der Waals surface area contributed by atoms with E-state index in [1.165, 1.54) is 13.0 Å². The number of aliphatic hydroxyl groups excluding tert-OH is 1. The van der Waals surface area contributed by atoms with Gasteiger partial charge in [-0.15, -0.1) is 0 Å². The first kappa shape index (κ1) is 26.9. The van der Waals surface area contributed by atoms with Gasteiger partial charge in [0.15, 0.2) is 0 Å². The molecular weight excluding hydrogens is 456 g/mol. The summed E-state index contributed by atoms with van der Waals surface area (Å²) in [5, 5.41) is 21.2. The standard InChI is InChI=1S/C29H34N2O5/c1-22-18-26(23(2)32)27(31(34)35)19-28(22)36-17-11-5-10-16-29(33)30(20-24-12-6-3-7-13-24)21-25-14-8-4-9-15-25/h3-4,6-9,12-15,18-19,23,32H,5,10-11,16-17,20-21H2,1-2H3. The molecule has 0 bridgehead atoms. The molecule has 0 aliphatic heterocycles. The van der Waals surface area contributed by atoms with E-state index in [0.29, 0.717) is 31.9 Å². The molecule has 0 aliphatic carbocycles. The quantitative estimate of drug-likeness (QED) is 0.177. The highest BCUT2D eigenvalue weighted by Crippen LogP contribution is 2.32. The largest absolute Gasteiger partial charge is 0.493 e. The topological polar surface area (TPSA) is 92.9 Å². The van der Waals surface area contributed by atoms with Crippen molar-refractivity contribution in [3.05, 3.63) is 105 Å². The molecule has 1 amide bonds. The van der Waals surface area contributed by atoms with Crippen molar-refractivity contribution >= 4 is 11.6 Å². The second kappa shape index (κ2) is 13.4. The Balaban J connectivity index is 1.50. The fourth-order valence-electron chi connectivity index (χ4n) is 4.08. The monoisotopic (exact) mass is 490 g/mol. The summed E-state index contributed by atoms with van der Waals surface area (Å²) >= 11 is 0. The number of hydrogen-bond donors (Lipinski definition) is 1. The van der Waals surface area contributed by atoms with Crippen LogP contribution in [-0.2, 0) is 17.9 Å². The zero-order chi connectivity index (χ0) is 25.9. The molecule has 0 saturated heterocycles. The summed E-state index contributed by atoms with van der Waals surface area (Å²) in [6.07, 6.45) is 1.80. The third-order valence-corrected chi connectivity index (χ3v) is 6.05. The van der Waals surface area contributed by atoms with Crippen molar-refractivity contribution in [2.75, 3.05) is 6.61 Å². The van der Waals surface area contributed by atoms with Crippen molar-refractivity contribution in [1.82, 2.24) is 4.90 Å². The Morgan fingerprint density at radius 2 is 1.56 bits per heavy atom. The van der Waals surface area contributed by atoms with Crippen LogP contribution in [0, 0.1) is 17.0 Å². The van der Waals surface area contributed by atoms with Gasteiger partial charge in [-0.25, -0.2) is 0 Å². The summed E-state index contributed by atoms with van der Waals surface area (Å²) < 4.78 is 5.79. The fraction of sp³-hybridized carbons (Fsp3) is 0.345. The van der Waals surface area contributed by atoms with E-state index in [0.717, 1.165) is 36.0 Å². The van der Waals surface area contributed by atoms with Gasteiger partial charge in [-0.3, -0.25) is 14.9 Å². The Kier molecular flexibility index (Phi) is 10.0. The van der Waals surface area contributed by atoms with Crippen LogP contribution in [0.4, 0.5) is 5.69 Å². The van der Waals surface area contributed by atoms with Gasteiger partial charge < -0.3 is 14.7 Å². The zero-order valence-corrected chi connectivity index (χ0v) is 20.9. The first-order valence-corrected chi connectivity index (χ1v) is 12.3. The van der Waals surface area contributed by atoms with Gasteiger partial charge >= 0.3 is 0 Å². The molecule has 7 nitrogen and oxygen atoms in total. The number of carbonyl (C=O) groups excluding carboxylic acids is 1. The molecule has 190 valence electrons. The summed E-state index contributed by atoms with van der Waals surface area (Å²) in [7, 11) is 0. The average molecular weight is 491 g/mol. The van der Waals surface area contributed by atoms with Gasteiger partial charge in [-0.1, -0.05) is 60.7 Å². The lowest BCUT2D eigenvalue weighted by molar-refractivity contribution is -0.386. The maximum atomic E-state index is 13.0. The molecule has 0 radical (unpaired) electrons. The number of benzene rings is 3. The van der Waals surface area contributed by atoms with Crippen LogP contribution in [0.1, 0.15) is 61.0 Å². The van der Waals surface area contributed by atoms with Gasteiger partial charge in [0.2, 0.25) is 5.91 Å². The summed E-state index contributed by atoms with van der Waals surface area (Å²) in [6, 6.07) is 23.0. The summed E-state index contributed by atoms with van der Waals surface area (Å²) in [4.78, 5) is 25.8. The maximum absolute atomic E-state index is 13.0. The minimum atomic E-state index is -0.931. The van der Waals surface area contributed by atoms with Crippen molar-refractivity contribution in [1.29, 1.82) is 0 Å². The Hall–Kier alpha value is -3.71. The van der Waals surface area contributed by atoms with Gasteiger partial charge in [0.1, 0.15) is 5.75 Å². The van der Waals surface area contributed by atoms with Crippen molar-refractivity contribution in [3.63, 3.8) is 0 Å². The molecule has 3 aromatic carbocycles. The minimum absolute atomic E-state index is 0.115. The summed E-state index contributed by atoms with van der Waals surface area (Å²) in [5.41, 5.74) is 3.07. The molecule has 0 aromatic heterocycles. The lowest BCUT2D eigenvalue weighted by atomic mass is 10.0. The number of hydrogen-bond acceptors (Lipinski definition) is 5. The van der Waals surface area contributed by atoms with E-state index in [4.69, 9.17) is 4.74 Å². The lowest BCUT2D eigenvalue weighted by Gasteiger charge is -2.23. The van der Waals surface area contributed by atoms with Gasteiger partial charge in [-0.2, -0.15) is 0 Å². The van der Waals surface area contributed by atoms with Crippen molar-refractivity contribution in [3.8, 4) is 5.75 Å². The summed E-state index contributed by atoms with van der Waals surface area (Å²) in [5.74, 6) is 0.558. The predicted octanol–water partition coefficient (Wildman–Crippen LogP) is 6.12. The molecule has 1 atom stereocenters. The summed E-state index contributed by atoms with van der Waals surface area (Å²) in [6.45, 7) is 4.84. The molecule has 3 rings (SSSR count). The Bertz CT molecular complexity index is 1090. The predicted molar refractivity (Wildman–Crippen MR) is 140 cm³/mol. The zero-order valence-electron chi connectivity index (χ0n) is 20.9. The number of carbonyl (C=O) groups is 1. The van der Waals surface area contributed by atoms with Crippen LogP contribution >= 0.6 is 0 Å². The second-order valence-corrected chi connectivity index (χ2v) is 8.99. The first-order chi connectivity index (χ1) is 17.3. The molecule has 1 unspecified atom stereocenters. The van der Waals surface area contributed by atoms with Crippen LogP contribution in [0.3, 0.4) is 0 Å². The van der Waals surface area contributed by atoms with Gasteiger partial charge in [0, 0.05) is 19.5 Å². The molecule has 3 aromatic rings. The lowest BCUT2D eigenvalue weighted by Crippen LogP contribution is -2.29. The van der Waals surface area contributed by atoms with E-state index in [1.807, 2.05) is 65.6 Å². The molecule has 0 fully saturated rings. The van der Waals surface area contributed by atoms with E-state index in [-0.39, 0.29) is 17.2 Å². The number of nitrogens with zero attached hydrogens (tertiary/aromatic N) is 2. The van der Waals surface area contributed by atoms with Crippen molar-refractivity contribution in [2.24, 2.45) is 0 Å². The molecule has 0 saturated carbocycles. The van der Waals surface area contributed by atoms with Crippen LogP contribution in [0.5, 0.6) is 5.75 Å². The SMILES string of the molecule is Cc1cc(C(C)O)c([N+](=O)[O-])cc1OCCCCCC(=O)N(Cc1ccccc1)Cc1ccccc1. The number of amides is 1. The molecule has 0 aliphatic rings. The van der Waals surface area contributed by atoms with Crippen LogP contribution in [0.15, 0.2) is 72.8 Å². The Morgan fingerprint density at radius 3 is 2.08 bits per heavy atom. The Labute approximate surface area is 212 Å². The van der Waals surface area contributed by atoms with Crippen molar-refractivity contribution < 1.29 is 19.6 Å². The van der Waals surface area contributed by atoms with E-state index in [1.54, 1.807) is 13.0 Å². The normalized spacial score (nSPS) is 11.6. The first-order valence-electron chi connectivity index (χ1n) is 12.3. The number of unbranched alkanes of at least 4 members (excludes halogenated alkanes) is 2. The second-order valence-electron chi connectivity index (χ2n) is 8.99. The maximum Gasteiger partial charge on any atom is 0.278 e. The highest BCUT2D eigenvalue weighted by molar-refractivity contribution is 5.76. The number of ether oxygens (including phenoxy) is 1. The molecule has 0 spiro atoms. The third kappa shape index (κ3) is 7.92. The number of nitro groups is 1. The molecule has 7 heteroatoms. The average Bonchev–Trinajstić information content (AvgIpc) is 2.87. The highest BCUT2D eigenvalue weighted by Gasteiger charge is 2.21. The van der Waals surface area contributed by atoms with Gasteiger partial charge in [0.05, 0.1) is 29.3 Å². The molecule has 1 N–H and O–H groups in total. The minimum Gasteiger partial charge on any atom is -0.493 e. The highest BCUT2D eigenvalue weighted by atomic mass is 16.6. The van der Waals surface area contributed by atoms with Gasteiger partial charge in [-0.05, 0) is 55.9 Å². The number of aryl methyl sites for hydroxylation is 1. The molecule has 0 heterocycles. The van der Waals surface area contributed by atoms with E-state index in [9.17, 15) is 20.0 Å². The third-order valence-electron chi connectivity index (χ3n) is 6.05. The van der Waals surface area contributed by atoms with Crippen LogP contribution < -0.4 is 4.74 Å². The van der Waals surface area contributed by atoms with Crippen LogP contribution in [-0.4, -0.2) is 27.4 Å². The number of nitro benzene ring substituents is 1. The molecule has 36 heavy (non-hydrogen) atoms. The van der Waals surface area contributed by atoms with Crippen LogP contribution in [0.25, 0.3) is 0 Å². The number of rotatable bonds is 13. The van der Waals surface area contributed by atoms with Crippen molar-refractivity contribution in [2.45, 2.75) is 58.7 Å². The van der Waals surface area contributed by atoms with Crippen LogP contribution in [0.2, 0.25) is 0 Å². The number of aliphatic hydroxyl groups is 1.